The second-order valence-corrected chi connectivity index (χ2v) is 6.81. The Balaban J connectivity index is 1.71. The van der Waals surface area contributed by atoms with Gasteiger partial charge in [-0.25, -0.2) is 4.98 Å². The molecule has 118 valence electrons. The number of pyridine rings is 1. The summed E-state index contributed by atoms with van der Waals surface area (Å²) in [6.07, 6.45) is 5.75. The summed E-state index contributed by atoms with van der Waals surface area (Å²) in [4.78, 5) is 10.0. The molecule has 0 amide bonds. The van der Waals surface area contributed by atoms with Crippen LogP contribution >= 0.6 is 11.3 Å². The van der Waals surface area contributed by atoms with Gasteiger partial charge in [-0.05, 0) is 55.8 Å². The van der Waals surface area contributed by atoms with Gasteiger partial charge in [0.1, 0.15) is 0 Å². The van der Waals surface area contributed by atoms with Crippen molar-refractivity contribution in [3.05, 3.63) is 64.7 Å². The van der Waals surface area contributed by atoms with E-state index in [1.807, 2.05) is 37.3 Å². The number of aromatic nitrogens is 4. The van der Waals surface area contributed by atoms with Crippen molar-refractivity contribution in [1.82, 2.24) is 20.2 Å². The summed E-state index contributed by atoms with van der Waals surface area (Å²) < 4.78 is 0. The maximum atomic E-state index is 4.51. The van der Waals surface area contributed by atoms with Crippen LogP contribution in [0.15, 0.2) is 42.6 Å². The normalized spacial score (nSPS) is 11.6. The number of hydrogen-bond donors (Lipinski definition) is 1. The molecule has 0 bridgehead atoms. The van der Waals surface area contributed by atoms with Crippen molar-refractivity contribution in [3.8, 4) is 10.4 Å². The van der Waals surface area contributed by atoms with Gasteiger partial charge < -0.3 is 0 Å². The molecule has 3 heterocycles. The summed E-state index contributed by atoms with van der Waals surface area (Å²) in [6, 6.07) is 12.2. The van der Waals surface area contributed by atoms with Gasteiger partial charge in [0, 0.05) is 11.6 Å². The zero-order chi connectivity index (χ0) is 16.5. The monoisotopic (exact) mass is 332 g/mol. The van der Waals surface area contributed by atoms with E-state index < -0.39 is 0 Å². The first-order valence-electron chi connectivity index (χ1n) is 7.72. The molecule has 0 aliphatic rings. The molecule has 0 unspecified atom stereocenters. The number of hydrogen-bond acceptors (Lipinski definition) is 4. The highest BCUT2D eigenvalue weighted by Gasteiger charge is 2.10. The van der Waals surface area contributed by atoms with E-state index in [1.165, 1.54) is 10.4 Å². The minimum Gasteiger partial charge on any atom is -0.277 e. The number of nitrogens with zero attached hydrogens (tertiary/aromatic N) is 3. The van der Waals surface area contributed by atoms with E-state index in [0.29, 0.717) is 0 Å². The lowest BCUT2D eigenvalue weighted by atomic mass is 10.1. The van der Waals surface area contributed by atoms with Crippen LogP contribution in [0.5, 0.6) is 0 Å². The van der Waals surface area contributed by atoms with Crippen LogP contribution in [0.25, 0.3) is 33.5 Å². The first kappa shape index (κ1) is 14.8. The molecule has 0 fully saturated rings. The van der Waals surface area contributed by atoms with Crippen molar-refractivity contribution >= 4 is 34.4 Å². The first-order chi connectivity index (χ1) is 11.7. The largest absolute Gasteiger partial charge is 0.277 e. The summed E-state index contributed by atoms with van der Waals surface area (Å²) in [5.41, 5.74) is 5.11. The fraction of sp³-hybridized carbons (Fsp3) is 0.105. The number of fused-ring (bicyclic) bond motifs is 1. The topological polar surface area (TPSA) is 54.5 Å². The predicted molar refractivity (Wildman–Crippen MR) is 99.8 cm³/mol. The van der Waals surface area contributed by atoms with Crippen LogP contribution in [-0.4, -0.2) is 20.2 Å². The third-order valence-electron chi connectivity index (χ3n) is 3.86. The lowest BCUT2D eigenvalue weighted by Gasteiger charge is -1.99. The van der Waals surface area contributed by atoms with Gasteiger partial charge in [-0.15, -0.1) is 11.3 Å². The summed E-state index contributed by atoms with van der Waals surface area (Å²) in [5.74, 6) is 0. The molecule has 5 heteroatoms. The molecule has 4 nitrogen and oxygen atoms in total. The number of benzene rings is 1. The SMILES string of the molecule is Cc1nc(C)c(-c2ccc3c(/C=C/c4ccccn4)n[nH]c3c2)s1. The van der Waals surface area contributed by atoms with Crippen molar-refractivity contribution in [2.24, 2.45) is 0 Å². The van der Waals surface area contributed by atoms with Gasteiger partial charge >= 0.3 is 0 Å². The van der Waals surface area contributed by atoms with Crippen LogP contribution in [0.2, 0.25) is 0 Å². The van der Waals surface area contributed by atoms with Crippen LogP contribution < -0.4 is 0 Å². The first-order valence-corrected chi connectivity index (χ1v) is 8.54. The zero-order valence-corrected chi connectivity index (χ0v) is 14.3. The molecule has 0 atom stereocenters. The van der Waals surface area contributed by atoms with Crippen molar-refractivity contribution in [2.75, 3.05) is 0 Å². The highest BCUT2D eigenvalue weighted by molar-refractivity contribution is 7.15. The van der Waals surface area contributed by atoms with Crippen LogP contribution in [0.1, 0.15) is 22.1 Å². The molecule has 1 N–H and O–H groups in total. The van der Waals surface area contributed by atoms with Gasteiger partial charge in [0.15, 0.2) is 0 Å². The molecule has 4 aromatic rings. The average molecular weight is 332 g/mol. The van der Waals surface area contributed by atoms with E-state index in [-0.39, 0.29) is 0 Å². The van der Waals surface area contributed by atoms with Crippen molar-refractivity contribution < 1.29 is 0 Å². The molecule has 0 saturated carbocycles. The maximum Gasteiger partial charge on any atom is 0.0928 e. The lowest BCUT2D eigenvalue weighted by Crippen LogP contribution is -1.79. The quantitative estimate of drug-likeness (QED) is 0.582. The maximum absolute atomic E-state index is 4.51. The highest BCUT2D eigenvalue weighted by atomic mass is 32.1. The van der Waals surface area contributed by atoms with Crippen LogP contribution in [0.4, 0.5) is 0 Å². The van der Waals surface area contributed by atoms with E-state index in [2.05, 4.69) is 45.3 Å². The summed E-state index contributed by atoms with van der Waals surface area (Å²) in [6.45, 7) is 4.09. The summed E-state index contributed by atoms with van der Waals surface area (Å²) >= 11 is 1.72. The Kier molecular flexibility index (Phi) is 3.70. The van der Waals surface area contributed by atoms with Gasteiger partial charge in [-0.1, -0.05) is 12.1 Å². The van der Waals surface area contributed by atoms with Gasteiger partial charge in [0.25, 0.3) is 0 Å². The van der Waals surface area contributed by atoms with Gasteiger partial charge in [0.2, 0.25) is 0 Å². The van der Waals surface area contributed by atoms with Crippen LogP contribution in [-0.2, 0) is 0 Å². The van der Waals surface area contributed by atoms with Crippen LogP contribution in [0.3, 0.4) is 0 Å². The third-order valence-corrected chi connectivity index (χ3v) is 4.98. The van der Waals surface area contributed by atoms with Gasteiger partial charge in [0.05, 0.1) is 32.5 Å². The number of nitrogens with one attached hydrogen (secondary N) is 1. The number of H-pyrrole nitrogens is 1. The van der Waals surface area contributed by atoms with Crippen molar-refractivity contribution in [3.63, 3.8) is 0 Å². The standard InChI is InChI=1S/C19H16N4S/c1-12-19(24-13(2)21-12)14-6-8-16-17(22-23-18(16)11-14)9-7-15-5-3-4-10-20-15/h3-11H,1-2H3,(H,22,23)/b9-7+. The average Bonchev–Trinajstić information content (AvgIpc) is 3.16. The molecule has 1 aromatic carbocycles. The Morgan fingerprint density at radius 1 is 1.08 bits per heavy atom. The smallest absolute Gasteiger partial charge is 0.0928 e. The molecule has 0 spiro atoms. The Morgan fingerprint density at radius 3 is 2.75 bits per heavy atom. The highest BCUT2D eigenvalue weighted by Crippen LogP contribution is 2.32. The Bertz CT molecular complexity index is 1030. The molecule has 0 radical (unpaired) electrons. The number of rotatable bonds is 3. The van der Waals surface area contributed by atoms with E-state index in [1.54, 1.807) is 17.5 Å². The van der Waals surface area contributed by atoms with E-state index in [9.17, 15) is 0 Å². The van der Waals surface area contributed by atoms with Gasteiger partial charge in [-0.3, -0.25) is 10.1 Å². The summed E-state index contributed by atoms with van der Waals surface area (Å²) in [5, 5.41) is 9.74. The fourth-order valence-electron chi connectivity index (χ4n) is 2.75. The Morgan fingerprint density at radius 2 is 2.00 bits per heavy atom. The Hall–Kier alpha value is -2.79. The molecule has 0 saturated heterocycles. The molecule has 24 heavy (non-hydrogen) atoms. The molecule has 0 aliphatic heterocycles. The van der Waals surface area contributed by atoms with Crippen molar-refractivity contribution in [1.29, 1.82) is 0 Å². The fourth-order valence-corrected chi connectivity index (χ4v) is 3.66. The Labute approximate surface area is 143 Å². The second kappa shape index (κ2) is 6.02. The number of aromatic amines is 1. The molecular formula is C19H16N4S. The summed E-state index contributed by atoms with van der Waals surface area (Å²) in [7, 11) is 0. The van der Waals surface area contributed by atoms with Crippen molar-refractivity contribution in [2.45, 2.75) is 13.8 Å². The number of thiazole rings is 1. The molecular weight excluding hydrogens is 316 g/mol. The predicted octanol–water partition coefficient (Wildman–Crippen LogP) is 4.87. The lowest BCUT2D eigenvalue weighted by molar-refractivity contribution is 1.11. The van der Waals surface area contributed by atoms with Gasteiger partial charge in [-0.2, -0.15) is 5.10 Å². The second-order valence-electron chi connectivity index (χ2n) is 5.60. The molecule has 4 rings (SSSR count). The zero-order valence-electron chi connectivity index (χ0n) is 13.4. The number of aryl methyl sites for hydroxylation is 2. The van der Waals surface area contributed by atoms with Crippen LogP contribution in [0, 0.1) is 13.8 Å². The van der Waals surface area contributed by atoms with E-state index in [4.69, 9.17) is 0 Å². The third kappa shape index (κ3) is 2.74. The molecule has 0 aliphatic carbocycles. The minimum absolute atomic E-state index is 0.916. The van der Waals surface area contributed by atoms with E-state index in [0.717, 1.165) is 33.0 Å². The minimum atomic E-state index is 0.916. The van der Waals surface area contributed by atoms with E-state index >= 15 is 0 Å². The molecule has 3 aromatic heterocycles.